The molecule has 0 spiro atoms. The number of aromatic hydroxyl groups is 1. The number of fused-ring (bicyclic) bond motifs is 2. The summed E-state index contributed by atoms with van der Waals surface area (Å²) in [7, 11) is 4.03. The predicted octanol–water partition coefficient (Wildman–Crippen LogP) is 10.1. The molecule has 0 aliphatic heterocycles. The average molecular weight is 765 g/mol. The first-order valence-electron chi connectivity index (χ1n) is 18.6. The van der Waals surface area contributed by atoms with Gasteiger partial charge in [-0.1, -0.05) is 60.7 Å². The molecule has 0 amide bonds. The molecule has 6 aromatic rings. The van der Waals surface area contributed by atoms with Crippen LogP contribution in [0.25, 0.3) is 44.3 Å². The van der Waals surface area contributed by atoms with Crippen LogP contribution in [0.2, 0.25) is 0 Å². The molecule has 0 aliphatic carbocycles. The normalized spacial score (nSPS) is 11.6. The van der Waals surface area contributed by atoms with Gasteiger partial charge in [0.15, 0.2) is 0 Å². The summed E-state index contributed by atoms with van der Waals surface area (Å²) >= 11 is 0. The van der Waals surface area contributed by atoms with Crippen molar-refractivity contribution in [3.8, 4) is 34.0 Å². The number of phenolic OH excluding ortho intramolecular Hbond substituents is 1. The standard InChI is InChI=1S/C22H25F2NO2.C15H13NO.C7H14F2O2/c1-25-20(17-7-3-2-4-8-17)15-18-9-10-19(16-21(18)25)27-14-6-12-22(23,24)11-5-13-26;1-16-14(11-5-3-2-4-6-11)9-12-7-8-13(17)10-15(12)16;8-7(9,3-1-5-10)4-2-6-11/h2-4,7-10,15-16,26H,5-6,11-14H2,1H3;2-10,17H,1H3;10-11H,1-6H2. The summed E-state index contributed by atoms with van der Waals surface area (Å²) < 4.78 is 62.2. The number of aliphatic hydroxyl groups excluding tert-OH is 3. The third kappa shape index (κ3) is 12.9. The zero-order valence-electron chi connectivity index (χ0n) is 31.5. The number of aryl methyl sites for hydroxylation is 2. The van der Waals surface area contributed by atoms with Crippen molar-refractivity contribution in [1.29, 1.82) is 0 Å². The van der Waals surface area contributed by atoms with Crippen LogP contribution in [0.15, 0.2) is 109 Å². The Hall–Kier alpha value is -4.84. The van der Waals surface area contributed by atoms with Crippen LogP contribution in [0.1, 0.15) is 51.4 Å². The molecule has 6 rings (SSSR count). The first kappa shape index (κ1) is 42.9. The second kappa shape index (κ2) is 20.7. The minimum Gasteiger partial charge on any atom is -0.508 e. The minimum absolute atomic E-state index is 0.123. The second-order valence-electron chi connectivity index (χ2n) is 13.5. The van der Waals surface area contributed by atoms with Gasteiger partial charge in [0.1, 0.15) is 11.5 Å². The van der Waals surface area contributed by atoms with Gasteiger partial charge >= 0.3 is 0 Å². The lowest BCUT2D eigenvalue weighted by molar-refractivity contribution is -0.0263. The number of nitrogens with zero attached hydrogens (tertiary/aromatic N) is 2. The maximum absolute atomic E-state index is 13.6. The maximum atomic E-state index is 13.6. The third-order valence-corrected chi connectivity index (χ3v) is 9.24. The first-order valence-corrected chi connectivity index (χ1v) is 18.6. The number of benzene rings is 4. The molecule has 0 radical (unpaired) electrons. The maximum Gasteiger partial charge on any atom is 0.248 e. The number of ether oxygens (including phenoxy) is 1. The van der Waals surface area contributed by atoms with Crippen LogP contribution in [-0.2, 0) is 14.1 Å². The lowest BCUT2D eigenvalue weighted by Gasteiger charge is -2.15. The van der Waals surface area contributed by atoms with Crippen LogP contribution in [0.4, 0.5) is 17.6 Å². The van der Waals surface area contributed by atoms with Gasteiger partial charge in [0, 0.05) is 93.9 Å². The summed E-state index contributed by atoms with van der Waals surface area (Å²) in [6.07, 6.45) is -0.427. The zero-order chi connectivity index (χ0) is 39.8. The van der Waals surface area contributed by atoms with Gasteiger partial charge in [0.05, 0.1) is 17.6 Å². The van der Waals surface area contributed by atoms with E-state index < -0.39 is 11.8 Å². The number of hydrogen-bond donors (Lipinski definition) is 4. The first-order chi connectivity index (χ1) is 26.4. The van der Waals surface area contributed by atoms with Crippen LogP contribution in [-0.4, -0.2) is 67.8 Å². The largest absolute Gasteiger partial charge is 0.508 e. The number of rotatable bonds is 16. The highest BCUT2D eigenvalue weighted by atomic mass is 19.3. The molecule has 0 aliphatic rings. The summed E-state index contributed by atoms with van der Waals surface area (Å²) in [5, 5.41) is 37.0. The van der Waals surface area contributed by atoms with E-state index in [9.17, 15) is 22.7 Å². The number of alkyl halides is 4. The summed E-state index contributed by atoms with van der Waals surface area (Å²) in [6, 6.07) is 36.0. The molecule has 0 fully saturated rings. The molecule has 0 saturated heterocycles. The lowest BCUT2D eigenvalue weighted by Crippen LogP contribution is -2.17. The molecule has 0 atom stereocenters. The summed E-state index contributed by atoms with van der Waals surface area (Å²) in [5.41, 5.74) is 6.69. The van der Waals surface area contributed by atoms with Crippen LogP contribution >= 0.6 is 0 Å². The number of hydrogen-bond acceptors (Lipinski definition) is 5. The Bertz CT molecular complexity index is 2020. The molecule has 2 heterocycles. The van der Waals surface area contributed by atoms with Crippen molar-refractivity contribution in [3.05, 3.63) is 109 Å². The van der Waals surface area contributed by atoms with Crippen molar-refractivity contribution in [3.63, 3.8) is 0 Å². The molecule has 0 bridgehead atoms. The van der Waals surface area contributed by atoms with E-state index in [1.54, 1.807) is 12.1 Å². The molecular formula is C44H52F4N2O5. The van der Waals surface area contributed by atoms with E-state index in [0.717, 1.165) is 38.8 Å². The Morgan fingerprint density at radius 1 is 0.527 bits per heavy atom. The Balaban J connectivity index is 0.000000205. The number of aliphatic hydroxyl groups is 3. The van der Waals surface area contributed by atoms with Crippen LogP contribution in [0, 0.1) is 0 Å². The molecule has 11 heteroatoms. The van der Waals surface area contributed by atoms with E-state index in [1.165, 1.54) is 5.56 Å². The average Bonchev–Trinajstić information content (AvgIpc) is 3.70. The molecule has 2 aromatic heterocycles. The summed E-state index contributed by atoms with van der Waals surface area (Å²) in [4.78, 5) is 0. The fraction of sp³-hybridized carbons (Fsp3) is 0.364. The number of halogens is 4. The summed E-state index contributed by atoms with van der Waals surface area (Å²) in [6.45, 7) is -0.354. The van der Waals surface area contributed by atoms with Crippen molar-refractivity contribution in [2.45, 2.75) is 63.2 Å². The van der Waals surface area contributed by atoms with Gasteiger partial charge in [0.2, 0.25) is 11.8 Å². The smallest absolute Gasteiger partial charge is 0.248 e. The lowest BCUT2D eigenvalue weighted by atomic mass is 10.1. The number of phenols is 1. The summed E-state index contributed by atoms with van der Waals surface area (Å²) in [5.74, 6) is -4.47. The highest BCUT2D eigenvalue weighted by Crippen LogP contribution is 2.32. The molecule has 0 unspecified atom stereocenters. The van der Waals surface area contributed by atoms with Gasteiger partial charge < -0.3 is 34.3 Å². The third-order valence-electron chi connectivity index (χ3n) is 9.24. The van der Waals surface area contributed by atoms with Crippen molar-refractivity contribution in [2.24, 2.45) is 14.1 Å². The topological polar surface area (TPSA) is 100 Å². The van der Waals surface area contributed by atoms with Gasteiger partial charge in [-0.05, 0) is 73.2 Å². The molecule has 55 heavy (non-hydrogen) atoms. The van der Waals surface area contributed by atoms with Gasteiger partial charge in [-0.15, -0.1) is 0 Å². The van der Waals surface area contributed by atoms with Gasteiger partial charge in [-0.25, -0.2) is 17.6 Å². The Morgan fingerprint density at radius 3 is 1.40 bits per heavy atom. The molecule has 4 N–H and O–H groups in total. The monoisotopic (exact) mass is 764 g/mol. The highest BCUT2D eigenvalue weighted by molar-refractivity contribution is 5.89. The van der Waals surface area contributed by atoms with E-state index >= 15 is 0 Å². The molecule has 296 valence electrons. The molecule has 0 saturated carbocycles. The van der Waals surface area contributed by atoms with Crippen molar-refractivity contribution >= 4 is 21.8 Å². The van der Waals surface area contributed by atoms with E-state index in [4.69, 9.17) is 20.1 Å². The molecule has 7 nitrogen and oxygen atoms in total. The van der Waals surface area contributed by atoms with Crippen LogP contribution in [0.3, 0.4) is 0 Å². The van der Waals surface area contributed by atoms with E-state index in [1.807, 2.05) is 74.8 Å². The second-order valence-corrected chi connectivity index (χ2v) is 13.5. The highest BCUT2D eigenvalue weighted by Gasteiger charge is 2.28. The Morgan fingerprint density at radius 2 is 0.945 bits per heavy atom. The minimum atomic E-state index is -2.74. The fourth-order valence-corrected chi connectivity index (χ4v) is 6.27. The molecular weight excluding hydrogens is 712 g/mol. The van der Waals surface area contributed by atoms with Gasteiger partial charge in [-0.3, -0.25) is 0 Å². The van der Waals surface area contributed by atoms with Crippen LogP contribution in [0.5, 0.6) is 11.5 Å². The predicted molar refractivity (Wildman–Crippen MR) is 212 cm³/mol. The number of aromatic nitrogens is 2. The van der Waals surface area contributed by atoms with E-state index in [-0.39, 0.29) is 77.8 Å². The van der Waals surface area contributed by atoms with Gasteiger partial charge in [0.25, 0.3) is 0 Å². The van der Waals surface area contributed by atoms with Crippen molar-refractivity contribution in [2.75, 3.05) is 26.4 Å². The van der Waals surface area contributed by atoms with E-state index in [2.05, 4.69) is 45.5 Å². The quantitative estimate of drug-likeness (QED) is 0.0581. The van der Waals surface area contributed by atoms with Crippen LogP contribution < -0.4 is 4.74 Å². The van der Waals surface area contributed by atoms with E-state index in [0.29, 0.717) is 11.5 Å². The Kier molecular flexibility index (Phi) is 16.2. The van der Waals surface area contributed by atoms with Gasteiger partial charge in [-0.2, -0.15) is 0 Å². The van der Waals surface area contributed by atoms with Crippen molar-refractivity contribution < 1.29 is 42.7 Å². The Labute approximate surface area is 320 Å². The molecule has 4 aromatic carbocycles. The van der Waals surface area contributed by atoms with Crippen molar-refractivity contribution in [1.82, 2.24) is 9.13 Å². The SMILES string of the molecule is Cn1c(-c2ccccc2)cc2ccc(O)cc21.Cn1c(-c2ccccc2)cc2ccc(OCCCC(F)(F)CCCO)cc21.OCCCC(F)(F)CCCO. The fourth-order valence-electron chi connectivity index (χ4n) is 6.27. The zero-order valence-corrected chi connectivity index (χ0v) is 31.5.